The van der Waals surface area contributed by atoms with E-state index in [0.717, 1.165) is 44.1 Å². The van der Waals surface area contributed by atoms with E-state index in [0.29, 0.717) is 0 Å². The van der Waals surface area contributed by atoms with Gasteiger partial charge in [0.1, 0.15) is 0 Å². The minimum Gasteiger partial charge on any atom is -0.381 e. The van der Waals surface area contributed by atoms with Gasteiger partial charge in [0.2, 0.25) is 0 Å². The minimum atomic E-state index is 0.752. The van der Waals surface area contributed by atoms with Crippen molar-refractivity contribution in [3.05, 3.63) is 0 Å². The maximum Gasteiger partial charge on any atom is 0.0478 e. The van der Waals surface area contributed by atoms with Crippen LogP contribution in [0.3, 0.4) is 0 Å². The summed E-state index contributed by atoms with van der Waals surface area (Å²) in [6.07, 6.45) is 7.74. The van der Waals surface area contributed by atoms with Crippen LogP contribution in [0.1, 0.15) is 59.3 Å². The molecule has 0 aromatic rings. The monoisotopic (exact) mass is 241 g/mol. The first-order valence-corrected chi connectivity index (χ1v) is 7.55. The van der Waals surface area contributed by atoms with E-state index in [1.54, 1.807) is 0 Å². The van der Waals surface area contributed by atoms with Gasteiger partial charge in [-0.25, -0.2) is 0 Å². The van der Waals surface area contributed by atoms with Crippen molar-refractivity contribution in [2.24, 2.45) is 11.8 Å². The zero-order valence-electron chi connectivity index (χ0n) is 12.0. The van der Waals surface area contributed by atoms with Crippen molar-refractivity contribution in [3.63, 3.8) is 0 Å². The summed E-state index contributed by atoms with van der Waals surface area (Å²) in [6, 6.07) is 0.752. The third-order valence-corrected chi connectivity index (χ3v) is 3.95. The lowest BCUT2D eigenvalue weighted by Crippen LogP contribution is -2.39. The summed E-state index contributed by atoms with van der Waals surface area (Å²) < 4.78 is 5.57. The van der Waals surface area contributed by atoms with Gasteiger partial charge in [0.05, 0.1) is 0 Å². The van der Waals surface area contributed by atoms with Gasteiger partial charge in [0, 0.05) is 19.3 Å². The summed E-state index contributed by atoms with van der Waals surface area (Å²) in [4.78, 5) is 0. The second-order valence-electron chi connectivity index (χ2n) is 5.78. The van der Waals surface area contributed by atoms with Gasteiger partial charge in [-0.15, -0.1) is 0 Å². The molecule has 1 aliphatic carbocycles. The van der Waals surface area contributed by atoms with Crippen molar-refractivity contribution in [2.45, 2.75) is 65.3 Å². The molecule has 1 fully saturated rings. The van der Waals surface area contributed by atoms with E-state index in [9.17, 15) is 0 Å². The smallest absolute Gasteiger partial charge is 0.0478 e. The summed E-state index contributed by atoms with van der Waals surface area (Å²) in [7, 11) is 0. The van der Waals surface area contributed by atoms with E-state index in [1.807, 2.05) is 0 Å². The molecule has 2 heteroatoms. The second kappa shape index (κ2) is 8.93. The Kier molecular flexibility index (Phi) is 7.87. The lowest BCUT2D eigenvalue weighted by Gasteiger charge is -2.33. The van der Waals surface area contributed by atoms with Crippen LogP contribution >= 0.6 is 0 Å². The Morgan fingerprint density at radius 2 is 1.88 bits per heavy atom. The van der Waals surface area contributed by atoms with Gasteiger partial charge in [-0.3, -0.25) is 0 Å². The molecule has 0 aliphatic heterocycles. The average Bonchev–Trinajstić information content (AvgIpc) is 2.30. The molecule has 2 nitrogen and oxygen atoms in total. The maximum absolute atomic E-state index is 5.57. The molecule has 1 aliphatic rings. The Hall–Kier alpha value is -0.0800. The summed E-state index contributed by atoms with van der Waals surface area (Å²) in [5.41, 5.74) is 0. The Bertz CT molecular complexity index is 184. The van der Waals surface area contributed by atoms with Gasteiger partial charge >= 0.3 is 0 Å². The van der Waals surface area contributed by atoms with Crippen LogP contribution in [-0.2, 0) is 4.74 Å². The fourth-order valence-electron chi connectivity index (χ4n) is 2.78. The molecule has 0 spiro atoms. The van der Waals surface area contributed by atoms with E-state index in [1.165, 1.54) is 32.1 Å². The van der Waals surface area contributed by atoms with Crippen molar-refractivity contribution < 1.29 is 4.74 Å². The van der Waals surface area contributed by atoms with Crippen LogP contribution in [0.4, 0.5) is 0 Å². The van der Waals surface area contributed by atoms with Gasteiger partial charge in [0.25, 0.3) is 0 Å². The van der Waals surface area contributed by atoms with E-state index in [4.69, 9.17) is 4.74 Å². The molecule has 0 heterocycles. The maximum atomic E-state index is 5.57. The van der Waals surface area contributed by atoms with Gasteiger partial charge < -0.3 is 10.1 Å². The fraction of sp³-hybridized carbons (Fsp3) is 1.00. The first-order valence-electron chi connectivity index (χ1n) is 7.55. The molecule has 0 amide bonds. The lowest BCUT2D eigenvalue weighted by atomic mass is 9.80. The Morgan fingerprint density at radius 3 is 2.59 bits per heavy atom. The van der Waals surface area contributed by atoms with Crippen molar-refractivity contribution in [3.8, 4) is 0 Å². The number of rotatable bonds is 8. The van der Waals surface area contributed by atoms with Crippen LogP contribution in [0.2, 0.25) is 0 Å². The molecule has 102 valence electrons. The second-order valence-corrected chi connectivity index (χ2v) is 5.78. The van der Waals surface area contributed by atoms with Crippen LogP contribution in [-0.4, -0.2) is 25.8 Å². The number of ether oxygens (including phenoxy) is 1. The molecule has 0 aromatic carbocycles. The zero-order valence-corrected chi connectivity index (χ0v) is 12.0. The van der Waals surface area contributed by atoms with Gasteiger partial charge in [-0.2, -0.15) is 0 Å². The van der Waals surface area contributed by atoms with Gasteiger partial charge in [-0.05, 0) is 50.5 Å². The first kappa shape index (κ1) is 15.0. The Balaban J connectivity index is 1.95. The number of unbranched alkanes of at least 4 members (excludes halogenated alkanes) is 1. The fourth-order valence-corrected chi connectivity index (χ4v) is 2.78. The van der Waals surface area contributed by atoms with Crippen LogP contribution in [0.25, 0.3) is 0 Å². The lowest BCUT2D eigenvalue weighted by molar-refractivity contribution is 0.126. The van der Waals surface area contributed by atoms with E-state index >= 15 is 0 Å². The van der Waals surface area contributed by atoms with Crippen molar-refractivity contribution in [1.29, 1.82) is 0 Å². The summed E-state index contributed by atoms with van der Waals surface area (Å²) >= 11 is 0. The predicted molar refractivity (Wildman–Crippen MR) is 74.3 cm³/mol. The third kappa shape index (κ3) is 6.42. The normalized spacial score (nSPS) is 29.5. The average molecular weight is 241 g/mol. The highest BCUT2D eigenvalue weighted by atomic mass is 16.5. The van der Waals surface area contributed by atoms with E-state index in [-0.39, 0.29) is 0 Å². The summed E-state index contributed by atoms with van der Waals surface area (Å²) in [5.74, 6) is 1.78. The molecule has 17 heavy (non-hydrogen) atoms. The van der Waals surface area contributed by atoms with Crippen LogP contribution in [0, 0.1) is 11.8 Å². The van der Waals surface area contributed by atoms with Crippen LogP contribution in [0.5, 0.6) is 0 Å². The largest absolute Gasteiger partial charge is 0.381 e. The number of hydrogen-bond acceptors (Lipinski definition) is 2. The number of hydrogen-bond donors (Lipinski definition) is 1. The SMILES string of the molecule is CCCCOCCCNC1CCC(C)CC1C. The molecule has 1 rings (SSSR count). The van der Waals surface area contributed by atoms with Crippen molar-refractivity contribution >= 4 is 0 Å². The molecular formula is C15H31NO. The quantitative estimate of drug-likeness (QED) is 0.656. The highest BCUT2D eigenvalue weighted by Crippen LogP contribution is 2.28. The van der Waals surface area contributed by atoms with Gasteiger partial charge in [0.15, 0.2) is 0 Å². The molecule has 3 unspecified atom stereocenters. The molecule has 0 bridgehead atoms. The highest BCUT2D eigenvalue weighted by molar-refractivity contribution is 4.80. The molecular weight excluding hydrogens is 210 g/mol. The molecule has 0 saturated heterocycles. The molecule has 1 saturated carbocycles. The third-order valence-electron chi connectivity index (χ3n) is 3.95. The molecule has 3 atom stereocenters. The standard InChI is InChI=1S/C15H31NO/c1-4-5-10-17-11-6-9-16-15-8-7-13(2)12-14(15)3/h13-16H,4-12H2,1-3H3. The number of nitrogens with one attached hydrogen (secondary N) is 1. The van der Waals surface area contributed by atoms with Crippen LogP contribution < -0.4 is 5.32 Å². The minimum absolute atomic E-state index is 0.752. The van der Waals surface area contributed by atoms with Crippen molar-refractivity contribution in [1.82, 2.24) is 5.32 Å². The van der Waals surface area contributed by atoms with E-state index < -0.39 is 0 Å². The molecule has 0 aromatic heterocycles. The Morgan fingerprint density at radius 1 is 1.12 bits per heavy atom. The van der Waals surface area contributed by atoms with Gasteiger partial charge in [-0.1, -0.05) is 27.2 Å². The topological polar surface area (TPSA) is 21.3 Å². The predicted octanol–water partition coefficient (Wildman–Crippen LogP) is 3.61. The molecule has 1 N–H and O–H groups in total. The Labute approximate surface area is 108 Å². The van der Waals surface area contributed by atoms with Crippen LogP contribution in [0.15, 0.2) is 0 Å². The first-order chi connectivity index (χ1) is 8.24. The highest BCUT2D eigenvalue weighted by Gasteiger charge is 2.24. The summed E-state index contributed by atoms with van der Waals surface area (Å²) in [6.45, 7) is 9.96. The summed E-state index contributed by atoms with van der Waals surface area (Å²) in [5, 5.41) is 3.70. The van der Waals surface area contributed by atoms with Crippen molar-refractivity contribution in [2.75, 3.05) is 19.8 Å². The zero-order chi connectivity index (χ0) is 12.5. The molecule has 0 radical (unpaired) electrons. The van der Waals surface area contributed by atoms with E-state index in [2.05, 4.69) is 26.1 Å².